The first-order valence-corrected chi connectivity index (χ1v) is 10.6. The lowest BCUT2D eigenvalue weighted by Crippen LogP contribution is -2.50. The number of morpholine rings is 1. The summed E-state index contributed by atoms with van der Waals surface area (Å²) in [7, 11) is 0. The Labute approximate surface area is 192 Å². The van der Waals surface area contributed by atoms with Gasteiger partial charge in [0, 0.05) is 23.7 Å². The smallest absolute Gasteiger partial charge is 0.323 e. The van der Waals surface area contributed by atoms with Gasteiger partial charge in [0.05, 0.1) is 22.8 Å². The topological polar surface area (TPSA) is 122 Å². The largest absolute Gasteiger partial charge is 0.365 e. The molecule has 2 aromatic carbocycles. The van der Waals surface area contributed by atoms with Gasteiger partial charge >= 0.3 is 12.1 Å². The van der Waals surface area contributed by atoms with E-state index in [1.54, 1.807) is 30.3 Å². The van der Waals surface area contributed by atoms with Crippen molar-refractivity contribution >= 4 is 46.2 Å². The third-order valence-electron chi connectivity index (χ3n) is 5.85. The molecular formula is C22H19ClFN5O4. The number of likely N-dealkylation sites (tertiary alicyclic amines) is 1. The van der Waals surface area contributed by atoms with Crippen LogP contribution in [0.25, 0.3) is 10.9 Å². The Morgan fingerprint density at radius 3 is 2.76 bits per heavy atom. The molecule has 5 rings (SSSR count). The average molecular weight is 472 g/mol. The van der Waals surface area contributed by atoms with Crippen LogP contribution in [0.5, 0.6) is 0 Å². The molecule has 4 N–H and O–H groups in total. The maximum atomic E-state index is 14.1. The van der Waals surface area contributed by atoms with Gasteiger partial charge in [0.2, 0.25) is 5.91 Å². The minimum absolute atomic E-state index is 0.0377. The number of ether oxygens (including phenoxy) is 1. The summed E-state index contributed by atoms with van der Waals surface area (Å²) < 4.78 is 20.8. The number of hydrogen-bond acceptors (Lipinski definition) is 4. The van der Waals surface area contributed by atoms with Gasteiger partial charge < -0.3 is 26.0 Å². The predicted molar refractivity (Wildman–Crippen MR) is 118 cm³/mol. The number of fused-ring (bicyclic) bond motifs is 2. The molecule has 0 unspecified atom stereocenters. The number of anilines is 1. The molecule has 4 amide bonds. The molecule has 33 heavy (non-hydrogen) atoms. The molecule has 2 fully saturated rings. The lowest BCUT2D eigenvalue weighted by molar-refractivity contribution is -0.126. The standard InChI is InChI=1S/C22H19ClFN5O4/c23-13-6-3-4-11(17(13)24)8-26-20(30)18-19-16(33-19)10-29(18)22(32)27-14-9-28(21(25)31)15-7-2-1-5-12(14)15/h1-7,9,16,18-19H,8,10H2,(H2,25,31)(H,26,30)(H,27,32)/t16-,18+,19-/m1/s1. The van der Waals surface area contributed by atoms with Gasteiger partial charge in [0.1, 0.15) is 24.1 Å². The zero-order valence-electron chi connectivity index (χ0n) is 17.1. The molecule has 3 heterocycles. The zero-order valence-corrected chi connectivity index (χ0v) is 17.9. The molecule has 3 atom stereocenters. The summed E-state index contributed by atoms with van der Waals surface area (Å²) in [6.07, 6.45) is 0.781. The van der Waals surface area contributed by atoms with E-state index in [-0.39, 0.29) is 29.8 Å². The van der Waals surface area contributed by atoms with Gasteiger partial charge in [-0.05, 0) is 12.1 Å². The molecule has 3 aromatic rings. The molecule has 0 spiro atoms. The highest BCUT2D eigenvalue weighted by atomic mass is 35.5. The average Bonchev–Trinajstić information content (AvgIpc) is 3.30. The van der Waals surface area contributed by atoms with Crippen LogP contribution < -0.4 is 16.4 Å². The van der Waals surface area contributed by atoms with E-state index < -0.39 is 35.9 Å². The van der Waals surface area contributed by atoms with Gasteiger partial charge in [-0.2, -0.15) is 0 Å². The maximum absolute atomic E-state index is 14.1. The fraction of sp³-hybridized carbons (Fsp3) is 0.227. The zero-order chi connectivity index (χ0) is 23.3. The second kappa shape index (κ2) is 8.05. The van der Waals surface area contributed by atoms with E-state index in [1.165, 1.54) is 27.8 Å². The van der Waals surface area contributed by atoms with Gasteiger partial charge in [0.25, 0.3) is 0 Å². The van der Waals surface area contributed by atoms with Crippen LogP contribution in [0.1, 0.15) is 5.56 Å². The van der Waals surface area contributed by atoms with Gasteiger partial charge in [0.15, 0.2) is 0 Å². The van der Waals surface area contributed by atoms with E-state index in [1.807, 2.05) is 0 Å². The summed E-state index contributed by atoms with van der Waals surface area (Å²) >= 11 is 5.79. The fourth-order valence-electron chi connectivity index (χ4n) is 4.19. The Morgan fingerprint density at radius 1 is 1.18 bits per heavy atom. The van der Waals surface area contributed by atoms with E-state index in [0.717, 1.165) is 0 Å². The number of nitrogens with one attached hydrogen (secondary N) is 2. The highest BCUT2D eigenvalue weighted by Crippen LogP contribution is 2.37. The van der Waals surface area contributed by atoms with Crippen LogP contribution in [0.15, 0.2) is 48.7 Å². The quantitative estimate of drug-likeness (QED) is 0.506. The van der Waals surface area contributed by atoms with Crippen molar-refractivity contribution in [2.24, 2.45) is 5.73 Å². The Bertz CT molecular complexity index is 1300. The number of halogens is 2. The summed E-state index contributed by atoms with van der Waals surface area (Å²) in [5, 5.41) is 6.01. The molecule has 170 valence electrons. The number of carbonyl (C=O) groups excluding carboxylic acids is 3. The van der Waals surface area contributed by atoms with Crippen LogP contribution in [0, 0.1) is 5.82 Å². The monoisotopic (exact) mass is 471 g/mol. The van der Waals surface area contributed by atoms with Crippen molar-refractivity contribution in [3.63, 3.8) is 0 Å². The van der Waals surface area contributed by atoms with Crippen molar-refractivity contribution in [1.82, 2.24) is 14.8 Å². The molecule has 2 aliphatic heterocycles. The van der Waals surface area contributed by atoms with Gasteiger partial charge in [-0.25, -0.2) is 14.0 Å². The summed E-state index contributed by atoms with van der Waals surface area (Å²) in [6, 6.07) is 9.43. The number of nitrogens with two attached hydrogens (primary N) is 1. The first-order chi connectivity index (χ1) is 15.8. The highest BCUT2D eigenvalue weighted by molar-refractivity contribution is 6.30. The third kappa shape index (κ3) is 3.77. The Hall–Kier alpha value is -3.63. The van der Waals surface area contributed by atoms with Crippen molar-refractivity contribution in [1.29, 1.82) is 0 Å². The molecule has 2 saturated heterocycles. The number of para-hydroxylation sites is 1. The normalized spacial score (nSPS) is 21.0. The molecular weight excluding hydrogens is 453 g/mol. The van der Waals surface area contributed by atoms with Crippen molar-refractivity contribution in [2.75, 3.05) is 11.9 Å². The van der Waals surface area contributed by atoms with Crippen molar-refractivity contribution in [3.05, 3.63) is 65.1 Å². The molecule has 0 aliphatic carbocycles. The van der Waals surface area contributed by atoms with E-state index in [4.69, 9.17) is 22.1 Å². The number of urea groups is 1. The van der Waals surface area contributed by atoms with Gasteiger partial charge in [-0.15, -0.1) is 0 Å². The number of carbonyl (C=O) groups is 3. The van der Waals surface area contributed by atoms with E-state index >= 15 is 0 Å². The molecule has 1 aromatic heterocycles. The summed E-state index contributed by atoms with van der Waals surface area (Å²) in [4.78, 5) is 39.1. The SMILES string of the molecule is NC(=O)n1cc(NC(=O)N2C[C@H]3O[C@H]3[C@H]2C(=O)NCc2cccc(Cl)c2F)c2ccccc21. The number of amides is 4. The number of epoxide rings is 1. The lowest BCUT2D eigenvalue weighted by Gasteiger charge is -2.26. The Kier molecular flexibility index (Phi) is 5.18. The summed E-state index contributed by atoms with van der Waals surface area (Å²) in [5.41, 5.74) is 6.60. The van der Waals surface area contributed by atoms with Crippen LogP contribution in [0.2, 0.25) is 5.02 Å². The maximum Gasteiger partial charge on any atom is 0.323 e. The molecule has 0 saturated carbocycles. The molecule has 0 radical (unpaired) electrons. The van der Waals surface area contributed by atoms with Crippen LogP contribution in [0.3, 0.4) is 0 Å². The number of aromatic nitrogens is 1. The van der Waals surface area contributed by atoms with Gasteiger partial charge in [-0.1, -0.05) is 41.9 Å². The second-order valence-corrected chi connectivity index (χ2v) is 8.27. The number of benzene rings is 2. The Morgan fingerprint density at radius 2 is 1.97 bits per heavy atom. The first-order valence-electron chi connectivity index (χ1n) is 10.2. The van der Waals surface area contributed by atoms with Crippen LogP contribution >= 0.6 is 11.6 Å². The predicted octanol–water partition coefficient (Wildman–Crippen LogP) is 2.66. The van der Waals surface area contributed by atoms with E-state index in [2.05, 4.69) is 10.6 Å². The molecule has 0 bridgehead atoms. The van der Waals surface area contributed by atoms with Crippen LogP contribution in [-0.2, 0) is 16.1 Å². The highest BCUT2D eigenvalue weighted by Gasteiger charge is 2.59. The van der Waals surface area contributed by atoms with Gasteiger partial charge in [-0.3, -0.25) is 9.36 Å². The third-order valence-corrected chi connectivity index (χ3v) is 6.14. The number of rotatable bonds is 4. The van der Waals surface area contributed by atoms with Crippen molar-refractivity contribution in [3.8, 4) is 0 Å². The number of hydrogen-bond donors (Lipinski definition) is 3. The summed E-state index contributed by atoms with van der Waals surface area (Å²) in [6.45, 7) is 0.148. The van der Waals surface area contributed by atoms with E-state index in [0.29, 0.717) is 16.6 Å². The van der Waals surface area contributed by atoms with E-state index in [9.17, 15) is 18.8 Å². The van der Waals surface area contributed by atoms with Crippen molar-refractivity contribution in [2.45, 2.75) is 24.8 Å². The fourth-order valence-corrected chi connectivity index (χ4v) is 4.38. The lowest BCUT2D eigenvalue weighted by atomic mass is 10.1. The number of primary amides is 1. The van der Waals surface area contributed by atoms with Crippen LogP contribution in [-0.4, -0.2) is 52.2 Å². The minimum atomic E-state index is -0.873. The molecule has 2 aliphatic rings. The molecule has 9 nitrogen and oxygen atoms in total. The van der Waals surface area contributed by atoms with Crippen LogP contribution in [0.4, 0.5) is 19.7 Å². The molecule has 11 heteroatoms. The second-order valence-electron chi connectivity index (χ2n) is 7.87. The number of nitrogens with zero attached hydrogens (tertiary/aromatic N) is 2. The first kappa shape index (κ1) is 21.2. The Balaban J connectivity index is 1.32. The summed E-state index contributed by atoms with van der Waals surface area (Å²) in [5.74, 6) is -1.07. The minimum Gasteiger partial charge on any atom is -0.365 e. The van der Waals surface area contributed by atoms with Crippen molar-refractivity contribution < 1.29 is 23.5 Å².